The first-order valence-electron chi connectivity index (χ1n) is 4.20. The van der Waals surface area contributed by atoms with Crippen molar-refractivity contribution in [2.24, 2.45) is 0 Å². The van der Waals surface area contributed by atoms with E-state index in [1.54, 1.807) is 0 Å². The van der Waals surface area contributed by atoms with Crippen LogP contribution in [0.4, 0.5) is 5.95 Å². The number of aliphatic hydroxyl groups is 1. The van der Waals surface area contributed by atoms with E-state index in [0.29, 0.717) is 0 Å². The van der Waals surface area contributed by atoms with E-state index in [9.17, 15) is 9.90 Å². The van der Waals surface area contributed by atoms with Gasteiger partial charge in [-0.05, 0) is 0 Å². The molecule has 0 aliphatic carbocycles. The lowest BCUT2D eigenvalue weighted by Gasteiger charge is -2.17. The lowest BCUT2D eigenvalue weighted by molar-refractivity contribution is -0.0760. The molecule has 1 rings (SSSR count). The quantitative estimate of drug-likeness (QED) is 0.480. The van der Waals surface area contributed by atoms with Crippen LogP contribution in [0.3, 0.4) is 0 Å². The number of nitrogens with two attached hydrogens (primary N) is 1. The van der Waals surface area contributed by atoms with Crippen LogP contribution in [0, 0.1) is 0 Å². The third-order valence-electron chi connectivity index (χ3n) is 1.80. The van der Waals surface area contributed by atoms with Crippen molar-refractivity contribution in [3.8, 4) is 0 Å². The number of methoxy groups -OCH3 is 1. The van der Waals surface area contributed by atoms with Gasteiger partial charge in [0.15, 0.2) is 6.29 Å². The first-order chi connectivity index (χ1) is 7.04. The maximum absolute atomic E-state index is 11.3. The number of aliphatic hydroxyl groups excluding tert-OH is 1. The molecule has 0 saturated carbocycles. The maximum atomic E-state index is 11.3. The Kier molecular flexibility index (Phi) is 4.14. The highest BCUT2D eigenvalue weighted by Gasteiger charge is 2.14. The van der Waals surface area contributed by atoms with E-state index in [2.05, 4.69) is 19.2 Å². The van der Waals surface area contributed by atoms with Crippen molar-refractivity contribution in [1.82, 2.24) is 14.5 Å². The minimum absolute atomic E-state index is 0.0659. The highest BCUT2D eigenvalue weighted by Crippen LogP contribution is 2.08. The van der Waals surface area contributed by atoms with Gasteiger partial charge in [0, 0.05) is 19.3 Å². The smallest absolute Gasteiger partial charge is 0.352 e. The highest BCUT2D eigenvalue weighted by molar-refractivity contribution is 7.17. The van der Waals surface area contributed by atoms with E-state index >= 15 is 0 Å². The number of ether oxygens (including phenoxy) is 1. The second-order valence-corrected chi connectivity index (χ2v) is 3.80. The largest absolute Gasteiger partial charge is 0.368 e. The zero-order chi connectivity index (χ0) is 11.4. The zero-order valence-corrected chi connectivity index (χ0v) is 9.35. The molecule has 0 bridgehead atoms. The van der Waals surface area contributed by atoms with Crippen LogP contribution in [0.1, 0.15) is 0 Å². The molecule has 7 nitrogen and oxygen atoms in total. The van der Waals surface area contributed by atoms with E-state index in [1.807, 2.05) is 0 Å². The Bertz CT molecular complexity index is 383. The van der Waals surface area contributed by atoms with Crippen LogP contribution in [-0.2, 0) is 11.3 Å². The molecule has 0 aromatic carbocycles. The summed E-state index contributed by atoms with van der Waals surface area (Å²) in [5.74, 6) is -0.0659. The molecule has 0 amide bonds. The number of hydrogen-bond acceptors (Lipinski definition) is 6. The first kappa shape index (κ1) is 12.0. The van der Waals surface area contributed by atoms with Crippen LogP contribution >= 0.6 is 9.24 Å². The van der Waals surface area contributed by atoms with Crippen LogP contribution in [-0.4, -0.2) is 38.7 Å². The molecule has 15 heavy (non-hydrogen) atoms. The van der Waals surface area contributed by atoms with E-state index in [-0.39, 0.29) is 18.2 Å². The summed E-state index contributed by atoms with van der Waals surface area (Å²) in [5, 5.41) is 9.31. The minimum atomic E-state index is -0.959. The zero-order valence-electron chi connectivity index (χ0n) is 8.20. The molecule has 0 aliphatic heterocycles. The summed E-state index contributed by atoms with van der Waals surface area (Å²) in [6, 6.07) is 0. The summed E-state index contributed by atoms with van der Waals surface area (Å²) < 4.78 is 5.95. The van der Waals surface area contributed by atoms with Crippen LogP contribution in [0.2, 0.25) is 0 Å². The van der Waals surface area contributed by atoms with E-state index in [4.69, 9.17) is 10.5 Å². The molecule has 1 aromatic rings. The van der Waals surface area contributed by atoms with Gasteiger partial charge in [0.05, 0.1) is 0 Å². The Balaban J connectivity index is 2.77. The number of aromatic nitrogens is 3. The molecule has 0 fully saturated rings. The molecule has 3 atom stereocenters. The number of nitrogens with zero attached hydrogens (tertiary/aromatic N) is 3. The monoisotopic (exact) mass is 232 g/mol. The molecule has 1 aromatic heterocycles. The van der Waals surface area contributed by atoms with Crippen LogP contribution < -0.4 is 11.4 Å². The van der Waals surface area contributed by atoms with Crippen LogP contribution in [0.15, 0.2) is 11.1 Å². The number of rotatable bonds is 4. The molecular weight excluding hydrogens is 219 g/mol. The van der Waals surface area contributed by atoms with Crippen molar-refractivity contribution in [3.63, 3.8) is 0 Å². The highest BCUT2D eigenvalue weighted by atomic mass is 31.0. The molecule has 0 radical (unpaired) electrons. The Morgan fingerprint density at radius 1 is 1.80 bits per heavy atom. The lowest BCUT2D eigenvalue weighted by atomic mass is 10.4. The average Bonchev–Trinajstić information content (AvgIpc) is 2.20. The molecule has 3 unspecified atom stereocenters. The first-order valence-corrected chi connectivity index (χ1v) is 4.86. The summed E-state index contributed by atoms with van der Waals surface area (Å²) in [5.41, 5.74) is 4.41. The van der Waals surface area contributed by atoms with E-state index < -0.39 is 12.0 Å². The van der Waals surface area contributed by atoms with Crippen molar-refractivity contribution in [1.29, 1.82) is 0 Å². The van der Waals surface area contributed by atoms with Crippen molar-refractivity contribution < 1.29 is 9.84 Å². The van der Waals surface area contributed by atoms with Gasteiger partial charge >= 0.3 is 5.69 Å². The second kappa shape index (κ2) is 5.16. The number of anilines is 1. The van der Waals surface area contributed by atoms with Crippen molar-refractivity contribution in [2.75, 3.05) is 12.8 Å². The Morgan fingerprint density at radius 3 is 3.00 bits per heavy atom. The van der Waals surface area contributed by atoms with Gasteiger partial charge in [0.25, 0.3) is 0 Å². The fraction of sp³-hybridized carbons (Fsp3) is 0.571. The Labute approximate surface area is 88.5 Å². The van der Waals surface area contributed by atoms with Gasteiger partial charge in [-0.1, -0.05) is 0 Å². The van der Waals surface area contributed by atoms with Crippen molar-refractivity contribution in [2.45, 2.75) is 18.5 Å². The lowest BCUT2D eigenvalue weighted by Crippen LogP contribution is -2.33. The van der Waals surface area contributed by atoms with Gasteiger partial charge in [-0.3, -0.25) is 4.57 Å². The third-order valence-corrected chi connectivity index (χ3v) is 2.34. The van der Waals surface area contributed by atoms with E-state index in [1.165, 1.54) is 18.0 Å². The molecule has 0 spiro atoms. The molecule has 0 saturated heterocycles. The van der Waals surface area contributed by atoms with E-state index in [0.717, 1.165) is 0 Å². The molecule has 0 aliphatic rings. The fourth-order valence-electron chi connectivity index (χ4n) is 0.987. The minimum Gasteiger partial charge on any atom is -0.368 e. The summed E-state index contributed by atoms with van der Waals surface area (Å²) in [4.78, 5) is 18.4. The van der Waals surface area contributed by atoms with Crippen LogP contribution in [0.5, 0.6) is 0 Å². The second-order valence-electron chi connectivity index (χ2n) is 2.94. The van der Waals surface area contributed by atoms with Gasteiger partial charge in [-0.15, -0.1) is 9.24 Å². The van der Waals surface area contributed by atoms with Gasteiger partial charge in [-0.25, -0.2) is 9.78 Å². The van der Waals surface area contributed by atoms with Gasteiger partial charge in [0.2, 0.25) is 5.95 Å². The summed E-state index contributed by atoms with van der Waals surface area (Å²) in [6.07, 6.45) is 0.323. The summed E-state index contributed by atoms with van der Waals surface area (Å²) in [7, 11) is 3.76. The summed E-state index contributed by atoms with van der Waals surface area (Å²) in [6.45, 7) is 0.235. The standard InChI is InChI=1S/C7H13N4O3P/c1-14-5(12)4(15)2-11-3-9-6(8)10-7(11)13/h3-5,12H,2,15H2,1H3,(H2,8,10,13). The average molecular weight is 232 g/mol. The van der Waals surface area contributed by atoms with Gasteiger partial charge in [-0.2, -0.15) is 4.98 Å². The molecular formula is C7H13N4O3P. The Morgan fingerprint density at radius 2 is 2.47 bits per heavy atom. The summed E-state index contributed by atoms with van der Waals surface area (Å²) >= 11 is 0. The molecule has 3 N–H and O–H groups in total. The van der Waals surface area contributed by atoms with Gasteiger partial charge < -0.3 is 15.6 Å². The Hall–Kier alpha value is -1.04. The SMILES string of the molecule is COC(O)C(P)Cn1cnc(N)nc1=O. The predicted octanol–water partition coefficient (Wildman–Crippen LogP) is -1.57. The predicted molar refractivity (Wildman–Crippen MR) is 57.2 cm³/mol. The molecule has 84 valence electrons. The normalized spacial score (nSPS) is 14.9. The van der Waals surface area contributed by atoms with Crippen molar-refractivity contribution >= 4 is 15.2 Å². The van der Waals surface area contributed by atoms with Gasteiger partial charge in [0.1, 0.15) is 6.33 Å². The van der Waals surface area contributed by atoms with Crippen molar-refractivity contribution in [3.05, 3.63) is 16.8 Å². The number of nitrogen functional groups attached to an aromatic ring is 1. The van der Waals surface area contributed by atoms with Crippen LogP contribution in [0.25, 0.3) is 0 Å². The topological polar surface area (TPSA) is 103 Å². The maximum Gasteiger partial charge on any atom is 0.352 e. The third kappa shape index (κ3) is 3.23. The molecule has 8 heteroatoms. The molecule has 1 heterocycles. The number of hydrogen-bond donors (Lipinski definition) is 2. The fourth-order valence-corrected chi connectivity index (χ4v) is 1.37.